The van der Waals surface area contributed by atoms with E-state index >= 15 is 0 Å². The van der Waals surface area contributed by atoms with Gasteiger partial charge in [0.05, 0.1) is 0 Å². The first-order valence-electron chi connectivity index (χ1n) is 7.22. The van der Waals surface area contributed by atoms with Crippen LogP contribution in [-0.2, 0) is 5.41 Å². The van der Waals surface area contributed by atoms with E-state index in [1.54, 1.807) is 0 Å². The van der Waals surface area contributed by atoms with Gasteiger partial charge in [0.1, 0.15) is 0 Å². The monoisotopic (exact) mass is 387 g/mol. The largest absolute Gasteiger partial charge is 0.356 e. The van der Waals surface area contributed by atoms with E-state index in [0.29, 0.717) is 5.41 Å². The Kier molecular flexibility index (Phi) is 6.79. The van der Waals surface area contributed by atoms with Gasteiger partial charge in [0.2, 0.25) is 0 Å². The Hall–Kier alpha value is -0.780. The second-order valence-electron chi connectivity index (χ2n) is 5.45. The second-order valence-corrected chi connectivity index (χ2v) is 5.45. The maximum atomic E-state index is 4.27. The van der Waals surface area contributed by atoms with Crippen molar-refractivity contribution in [2.45, 2.75) is 38.5 Å². The molecule has 3 nitrogen and oxygen atoms in total. The summed E-state index contributed by atoms with van der Waals surface area (Å²) < 4.78 is 0. The van der Waals surface area contributed by atoms with Crippen LogP contribution in [0.1, 0.15) is 37.3 Å². The highest BCUT2D eigenvalue weighted by atomic mass is 127. The molecule has 1 saturated carbocycles. The van der Waals surface area contributed by atoms with Gasteiger partial charge in [-0.3, -0.25) is 4.99 Å². The van der Waals surface area contributed by atoms with Crippen LogP contribution in [0, 0.1) is 6.92 Å². The van der Waals surface area contributed by atoms with Gasteiger partial charge in [0.15, 0.2) is 5.96 Å². The fraction of sp³-hybridized carbons (Fsp3) is 0.562. The van der Waals surface area contributed by atoms with Crippen LogP contribution in [0.2, 0.25) is 0 Å². The van der Waals surface area contributed by atoms with Gasteiger partial charge in [0, 0.05) is 25.6 Å². The number of hydrogen-bond acceptors (Lipinski definition) is 1. The molecule has 0 amide bonds. The summed E-state index contributed by atoms with van der Waals surface area (Å²) in [6.07, 6.45) is 3.66. The van der Waals surface area contributed by atoms with E-state index < -0.39 is 0 Å². The fourth-order valence-electron chi connectivity index (χ4n) is 2.58. The highest BCUT2D eigenvalue weighted by Gasteiger charge is 2.44. The second kappa shape index (κ2) is 7.86. The Labute approximate surface area is 139 Å². The SMILES string of the molecule is CCCNC(=NC)NCC1(c2ccccc2C)CC1.I. The summed E-state index contributed by atoms with van der Waals surface area (Å²) >= 11 is 0. The molecule has 0 unspecified atom stereocenters. The van der Waals surface area contributed by atoms with Gasteiger partial charge in [0.25, 0.3) is 0 Å². The van der Waals surface area contributed by atoms with E-state index in [4.69, 9.17) is 0 Å². The van der Waals surface area contributed by atoms with Crippen LogP contribution in [0.15, 0.2) is 29.3 Å². The van der Waals surface area contributed by atoms with E-state index in [0.717, 1.165) is 25.5 Å². The molecule has 0 aliphatic heterocycles. The normalized spacial score (nSPS) is 16.2. The van der Waals surface area contributed by atoms with Gasteiger partial charge in [-0.15, -0.1) is 24.0 Å². The third kappa shape index (κ3) is 4.11. The minimum absolute atomic E-state index is 0. The van der Waals surface area contributed by atoms with Gasteiger partial charge < -0.3 is 10.6 Å². The van der Waals surface area contributed by atoms with Crippen LogP contribution in [0.25, 0.3) is 0 Å². The van der Waals surface area contributed by atoms with E-state index in [1.807, 2.05) is 7.05 Å². The van der Waals surface area contributed by atoms with Crippen LogP contribution in [0.4, 0.5) is 0 Å². The zero-order valence-electron chi connectivity index (χ0n) is 12.7. The fourth-order valence-corrected chi connectivity index (χ4v) is 2.58. The maximum absolute atomic E-state index is 4.27. The van der Waals surface area contributed by atoms with Gasteiger partial charge in [-0.1, -0.05) is 31.2 Å². The van der Waals surface area contributed by atoms with Crippen molar-refractivity contribution in [3.8, 4) is 0 Å². The number of aryl methyl sites for hydroxylation is 1. The molecule has 0 saturated heterocycles. The lowest BCUT2D eigenvalue weighted by Crippen LogP contribution is -2.41. The number of aliphatic imine (C=N–C) groups is 1. The topological polar surface area (TPSA) is 36.4 Å². The standard InChI is InChI=1S/C16H25N3.HI/c1-4-11-18-15(17-3)19-12-16(9-10-16)14-8-6-5-7-13(14)2;/h5-8H,4,9-12H2,1-3H3,(H2,17,18,19);1H. The minimum Gasteiger partial charge on any atom is -0.356 e. The quantitative estimate of drug-likeness (QED) is 0.463. The van der Waals surface area contributed by atoms with Crippen LogP contribution in [0.3, 0.4) is 0 Å². The van der Waals surface area contributed by atoms with Crippen LogP contribution in [0.5, 0.6) is 0 Å². The molecule has 0 atom stereocenters. The number of nitrogens with zero attached hydrogens (tertiary/aromatic N) is 1. The zero-order valence-corrected chi connectivity index (χ0v) is 15.0. The molecule has 0 bridgehead atoms. The van der Waals surface area contributed by atoms with Crippen LogP contribution >= 0.6 is 24.0 Å². The molecule has 1 aliphatic rings. The van der Waals surface area contributed by atoms with E-state index in [-0.39, 0.29) is 24.0 Å². The van der Waals surface area contributed by atoms with Crippen molar-refractivity contribution in [2.75, 3.05) is 20.1 Å². The Balaban J connectivity index is 0.00000200. The molecule has 1 aromatic carbocycles. The van der Waals surface area contributed by atoms with Crippen molar-refractivity contribution >= 4 is 29.9 Å². The first kappa shape index (κ1) is 17.3. The van der Waals surface area contributed by atoms with Gasteiger partial charge in [-0.25, -0.2) is 0 Å². The number of rotatable bonds is 5. The molecule has 1 fully saturated rings. The van der Waals surface area contributed by atoms with Crippen LogP contribution in [-0.4, -0.2) is 26.1 Å². The summed E-state index contributed by atoms with van der Waals surface area (Å²) in [7, 11) is 1.83. The summed E-state index contributed by atoms with van der Waals surface area (Å²) in [6.45, 7) is 6.31. The van der Waals surface area contributed by atoms with Crippen molar-refractivity contribution in [2.24, 2.45) is 4.99 Å². The van der Waals surface area contributed by atoms with Crippen molar-refractivity contribution < 1.29 is 0 Å². The predicted octanol–water partition coefficient (Wildman–Crippen LogP) is 3.22. The lowest BCUT2D eigenvalue weighted by atomic mass is 9.92. The molecule has 1 aliphatic carbocycles. The highest BCUT2D eigenvalue weighted by molar-refractivity contribution is 14.0. The number of benzene rings is 1. The zero-order chi connectivity index (χ0) is 13.7. The smallest absolute Gasteiger partial charge is 0.191 e. The summed E-state index contributed by atoms with van der Waals surface area (Å²) in [5, 5.41) is 6.80. The van der Waals surface area contributed by atoms with Crippen molar-refractivity contribution in [3.63, 3.8) is 0 Å². The Bertz CT molecular complexity index is 453. The molecule has 0 heterocycles. The molecular formula is C16H26IN3. The number of guanidine groups is 1. The Morgan fingerprint density at radius 1 is 1.25 bits per heavy atom. The number of nitrogens with one attached hydrogen (secondary N) is 2. The first-order valence-corrected chi connectivity index (χ1v) is 7.22. The van der Waals surface area contributed by atoms with Gasteiger partial charge in [-0.05, 0) is 37.3 Å². The van der Waals surface area contributed by atoms with Crippen LogP contribution < -0.4 is 10.6 Å². The highest BCUT2D eigenvalue weighted by Crippen LogP contribution is 2.48. The van der Waals surface area contributed by atoms with E-state index in [2.05, 4.69) is 53.7 Å². The van der Waals surface area contributed by atoms with Gasteiger partial charge >= 0.3 is 0 Å². The summed E-state index contributed by atoms with van der Waals surface area (Å²) in [4.78, 5) is 4.27. The summed E-state index contributed by atoms with van der Waals surface area (Å²) in [5.74, 6) is 0.918. The lowest BCUT2D eigenvalue weighted by molar-refractivity contribution is 0.641. The molecule has 20 heavy (non-hydrogen) atoms. The molecule has 2 rings (SSSR count). The van der Waals surface area contributed by atoms with Crippen molar-refractivity contribution in [1.29, 1.82) is 0 Å². The molecule has 112 valence electrons. The number of hydrogen-bond donors (Lipinski definition) is 2. The molecule has 0 radical (unpaired) electrons. The third-order valence-electron chi connectivity index (χ3n) is 3.93. The molecule has 4 heteroatoms. The first-order chi connectivity index (χ1) is 9.22. The Morgan fingerprint density at radius 3 is 2.50 bits per heavy atom. The molecule has 0 aromatic heterocycles. The molecule has 0 spiro atoms. The average molecular weight is 387 g/mol. The summed E-state index contributed by atoms with van der Waals surface area (Å²) in [5.41, 5.74) is 3.22. The lowest BCUT2D eigenvalue weighted by Gasteiger charge is -2.20. The third-order valence-corrected chi connectivity index (χ3v) is 3.93. The minimum atomic E-state index is 0. The molecule has 2 N–H and O–H groups in total. The van der Waals surface area contributed by atoms with Gasteiger partial charge in [-0.2, -0.15) is 0 Å². The average Bonchev–Trinajstić information content (AvgIpc) is 3.20. The van der Waals surface area contributed by atoms with Crippen molar-refractivity contribution in [1.82, 2.24) is 10.6 Å². The molecule has 1 aromatic rings. The van der Waals surface area contributed by atoms with E-state index in [9.17, 15) is 0 Å². The predicted molar refractivity (Wildman–Crippen MR) is 97.2 cm³/mol. The molecular weight excluding hydrogens is 361 g/mol. The number of halogens is 1. The Morgan fingerprint density at radius 2 is 1.95 bits per heavy atom. The maximum Gasteiger partial charge on any atom is 0.191 e. The van der Waals surface area contributed by atoms with E-state index in [1.165, 1.54) is 24.0 Å². The summed E-state index contributed by atoms with van der Waals surface area (Å²) in [6, 6.07) is 8.74. The van der Waals surface area contributed by atoms with Crippen molar-refractivity contribution in [3.05, 3.63) is 35.4 Å².